The quantitative estimate of drug-likeness (QED) is 0.694. The summed E-state index contributed by atoms with van der Waals surface area (Å²) in [5.41, 5.74) is 6.23. The van der Waals surface area contributed by atoms with Gasteiger partial charge in [-0.2, -0.15) is 0 Å². The molecule has 0 atom stereocenters. The minimum atomic E-state index is 0.799. The van der Waals surface area contributed by atoms with E-state index >= 15 is 0 Å². The molecule has 0 amide bonds. The van der Waals surface area contributed by atoms with Gasteiger partial charge in [0.25, 0.3) is 0 Å². The molecule has 0 aliphatic carbocycles. The van der Waals surface area contributed by atoms with E-state index in [1.54, 1.807) is 0 Å². The highest BCUT2D eigenvalue weighted by Gasteiger charge is 2.15. The van der Waals surface area contributed by atoms with Crippen LogP contribution in [0.2, 0.25) is 5.02 Å². The molecular formula is C18H20ClN3. The highest BCUT2D eigenvalue weighted by atomic mass is 35.5. The molecule has 0 bridgehead atoms. The second kappa shape index (κ2) is 5.73. The second-order valence-corrected chi connectivity index (χ2v) is 6.01. The fourth-order valence-electron chi connectivity index (χ4n) is 2.88. The Bertz CT molecular complexity index is 849. The summed E-state index contributed by atoms with van der Waals surface area (Å²) in [5.74, 6) is 1.01. The number of aryl methyl sites for hydroxylation is 4. The van der Waals surface area contributed by atoms with Crippen molar-refractivity contribution in [3.8, 4) is 5.69 Å². The van der Waals surface area contributed by atoms with Crippen molar-refractivity contribution in [2.24, 2.45) is 0 Å². The van der Waals surface area contributed by atoms with E-state index in [1.165, 1.54) is 0 Å². The Morgan fingerprint density at radius 3 is 2.45 bits per heavy atom. The van der Waals surface area contributed by atoms with Gasteiger partial charge in [-0.15, -0.1) is 0 Å². The third kappa shape index (κ3) is 2.40. The van der Waals surface area contributed by atoms with Gasteiger partial charge in [-0.25, -0.2) is 9.97 Å². The van der Waals surface area contributed by atoms with Gasteiger partial charge in [0.15, 0.2) is 5.65 Å². The monoisotopic (exact) mass is 313 g/mol. The van der Waals surface area contributed by atoms with E-state index < -0.39 is 0 Å². The topological polar surface area (TPSA) is 30.7 Å². The molecule has 0 N–H and O–H groups in total. The first kappa shape index (κ1) is 15.0. The van der Waals surface area contributed by atoms with Crippen LogP contribution in [0.3, 0.4) is 0 Å². The molecule has 22 heavy (non-hydrogen) atoms. The van der Waals surface area contributed by atoms with Gasteiger partial charge >= 0.3 is 0 Å². The number of hydrogen-bond acceptors (Lipinski definition) is 2. The van der Waals surface area contributed by atoms with Crippen LogP contribution in [0.1, 0.15) is 36.5 Å². The van der Waals surface area contributed by atoms with E-state index in [4.69, 9.17) is 21.6 Å². The van der Waals surface area contributed by atoms with Crippen LogP contribution < -0.4 is 0 Å². The van der Waals surface area contributed by atoms with Crippen LogP contribution in [-0.4, -0.2) is 14.5 Å². The summed E-state index contributed by atoms with van der Waals surface area (Å²) < 4.78 is 2.13. The van der Waals surface area contributed by atoms with E-state index in [0.29, 0.717) is 0 Å². The van der Waals surface area contributed by atoms with E-state index in [1.807, 2.05) is 13.0 Å². The lowest BCUT2D eigenvalue weighted by Crippen LogP contribution is -2.02. The SMILES string of the molecule is CCc1ccc(-n2c(CC)nc3c(C)cc(C)nc32)cc1Cl. The van der Waals surface area contributed by atoms with Gasteiger partial charge < -0.3 is 0 Å². The van der Waals surface area contributed by atoms with Gasteiger partial charge in [0, 0.05) is 17.1 Å². The van der Waals surface area contributed by atoms with Crippen molar-refractivity contribution >= 4 is 22.8 Å². The third-order valence-corrected chi connectivity index (χ3v) is 4.35. The lowest BCUT2D eigenvalue weighted by Gasteiger charge is -2.10. The largest absolute Gasteiger partial charge is 0.281 e. The first-order valence-corrected chi connectivity index (χ1v) is 8.07. The second-order valence-electron chi connectivity index (χ2n) is 5.60. The lowest BCUT2D eigenvalue weighted by atomic mass is 10.1. The zero-order valence-electron chi connectivity index (χ0n) is 13.4. The molecule has 0 saturated heterocycles. The zero-order chi connectivity index (χ0) is 15.9. The van der Waals surface area contributed by atoms with Gasteiger partial charge in [-0.1, -0.05) is 31.5 Å². The smallest absolute Gasteiger partial charge is 0.165 e. The van der Waals surface area contributed by atoms with E-state index in [0.717, 1.165) is 57.4 Å². The van der Waals surface area contributed by atoms with E-state index in [9.17, 15) is 0 Å². The van der Waals surface area contributed by atoms with Crippen LogP contribution in [-0.2, 0) is 12.8 Å². The fourth-order valence-corrected chi connectivity index (χ4v) is 3.18. The maximum absolute atomic E-state index is 6.40. The van der Waals surface area contributed by atoms with Crippen LogP contribution in [0.4, 0.5) is 0 Å². The zero-order valence-corrected chi connectivity index (χ0v) is 14.2. The van der Waals surface area contributed by atoms with Gasteiger partial charge in [0.05, 0.1) is 5.69 Å². The maximum Gasteiger partial charge on any atom is 0.165 e. The first-order chi connectivity index (χ1) is 10.5. The Kier molecular flexibility index (Phi) is 3.92. The van der Waals surface area contributed by atoms with E-state index in [2.05, 4.69) is 43.5 Å². The summed E-state index contributed by atoms with van der Waals surface area (Å²) >= 11 is 6.40. The summed E-state index contributed by atoms with van der Waals surface area (Å²) in [6.45, 7) is 8.32. The minimum absolute atomic E-state index is 0.799. The average molecular weight is 314 g/mol. The van der Waals surface area contributed by atoms with Crippen LogP contribution in [0.15, 0.2) is 24.3 Å². The van der Waals surface area contributed by atoms with Gasteiger partial charge in [0.2, 0.25) is 0 Å². The molecular weight excluding hydrogens is 294 g/mol. The molecule has 0 aliphatic rings. The summed E-state index contributed by atoms with van der Waals surface area (Å²) in [6.07, 6.45) is 1.78. The number of pyridine rings is 1. The van der Waals surface area contributed by atoms with Crippen molar-refractivity contribution < 1.29 is 0 Å². The van der Waals surface area contributed by atoms with Crippen molar-refractivity contribution in [1.29, 1.82) is 0 Å². The molecule has 4 heteroatoms. The number of fused-ring (bicyclic) bond motifs is 1. The van der Waals surface area contributed by atoms with Crippen molar-refractivity contribution in [2.45, 2.75) is 40.5 Å². The third-order valence-electron chi connectivity index (χ3n) is 4.00. The van der Waals surface area contributed by atoms with Gasteiger partial charge in [-0.3, -0.25) is 4.57 Å². The summed E-state index contributed by atoms with van der Waals surface area (Å²) in [4.78, 5) is 9.49. The first-order valence-electron chi connectivity index (χ1n) is 7.69. The number of rotatable bonds is 3. The highest BCUT2D eigenvalue weighted by molar-refractivity contribution is 6.31. The molecule has 1 aromatic carbocycles. The molecule has 3 rings (SSSR count). The maximum atomic E-state index is 6.40. The Labute approximate surface area is 136 Å². The summed E-state index contributed by atoms with van der Waals surface area (Å²) in [5, 5.41) is 0.799. The van der Waals surface area contributed by atoms with Crippen molar-refractivity contribution in [2.75, 3.05) is 0 Å². The Morgan fingerprint density at radius 2 is 1.82 bits per heavy atom. The van der Waals surface area contributed by atoms with Crippen molar-refractivity contribution in [3.05, 3.63) is 51.9 Å². The summed E-state index contributed by atoms with van der Waals surface area (Å²) in [6, 6.07) is 8.28. The molecule has 114 valence electrons. The Balaban J connectivity index is 2.31. The lowest BCUT2D eigenvalue weighted by molar-refractivity contribution is 0.899. The minimum Gasteiger partial charge on any atom is -0.281 e. The molecule has 0 spiro atoms. The van der Waals surface area contributed by atoms with Crippen LogP contribution in [0, 0.1) is 13.8 Å². The molecule has 0 unspecified atom stereocenters. The predicted octanol–water partition coefficient (Wildman–Crippen LogP) is 4.82. The van der Waals surface area contributed by atoms with Gasteiger partial charge in [0.1, 0.15) is 11.3 Å². The average Bonchev–Trinajstić information content (AvgIpc) is 2.85. The molecule has 0 aliphatic heterocycles. The number of halogens is 1. The molecule has 2 aromatic heterocycles. The molecule has 0 saturated carbocycles. The molecule has 2 heterocycles. The standard InChI is InChI=1S/C18H20ClN3/c1-5-13-7-8-14(10-15(13)19)22-16(6-2)21-17-11(3)9-12(4)20-18(17)22/h7-10H,5-6H2,1-4H3. The van der Waals surface area contributed by atoms with E-state index in [-0.39, 0.29) is 0 Å². The predicted molar refractivity (Wildman–Crippen MR) is 92.1 cm³/mol. The van der Waals surface area contributed by atoms with Crippen LogP contribution in [0.5, 0.6) is 0 Å². The number of aromatic nitrogens is 3. The Hall–Kier alpha value is -1.87. The number of hydrogen-bond donors (Lipinski definition) is 0. The van der Waals surface area contributed by atoms with Crippen molar-refractivity contribution in [3.63, 3.8) is 0 Å². The molecule has 0 fully saturated rings. The highest BCUT2D eigenvalue weighted by Crippen LogP contribution is 2.27. The Morgan fingerprint density at radius 1 is 1.05 bits per heavy atom. The van der Waals surface area contributed by atoms with Crippen LogP contribution >= 0.6 is 11.6 Å². The molecule has 0 radical (unpaired) electrons. The summed E-state index contributed by atoms with van der Waals surface area (Å²) in [7, 11) is 0. The number of benzene rings is 1. The number of imidazole rings is 1. The van der Waals surface area contributed by atoms with Gasteiger partial charge in [-0.05, 0) is 49.6 Å². The normalized spacial score (nSPS) is 11.3. The number of nitrogens with zero attached hydrogens (tertiary/aromatic N) is 3. The molecule has 3 aromatic rings. The fraction of sp³-hybridized carbons (Fsp3) is 0.333. The van der Waals surface area contributed by atoms with Crippen molar-refractivity contribution in [1.82, 2.24) is 14.5 Å². The molecule has 3 nitrogen and oxygen atoms in total. The van der Waals surface area contributed by atoms with Crippen LogP contribution in [0.25, 0.3) is 16.9 Å².